The standard InChI is InChI=1S/C29H25FN2O7S/c1-5-12-38-20-10-8-16(13-21(20)36-6-2)23-22-24(33)18-14-17(30)9-11-19(18)39-25(22)27(34)32(23)29-31-15(4)26(40-29)28(35)37-7-3/h5,8-11,13-14,23H,1,6-7,12H2,2-4H3. The molecule has 206 valence electrons. The number of carbonyl (C=O) groups is 2. The van der Waals surface area contributed by atoms with Gasteiger partial charge in [-0.3, -0.25) is 14.5 Å². The van der Waals surface area contributed by atoms with E-state index in [0.717, 1.165) is 23.5 Å². The molecule has 5 rings (SSSR count). The van der Waals surface area contributed by atoms with Gasteiger partial charge in [-0.1, -0.05) is 30.1 Å². The highest BCUT2D eigenvalue weighted by Gasteiger charge is 2.45. The van der Waals surface area contributed by atoms with Crippen molar-refractivity contribution in [3.8, 4) is 11.5 Å². The zero-order chi connectivity index (χ0) is 28.6. The van der Waals surface area contributed by atoms with Crippen molar-refractivity contribution in [1.82, 2.24) is 4.98 Å². The van der Waals surface area contributed by atoms with Crippen LogP contribution in [0.5, 0.6) is 11.5 Å². The van der Waals surface area contributed by atoms with Gasteiger partial charge in [-0.2, -0.15) is 0 Å². The number of benzene rings is 2. The average molecular weight is 565 g/mol. The fourth-order valence-electron chi connectivity index (χ4n) is 4.56. The van der Waals surface area contributed by atoms with Crippen molar-refractivity contribution >= 4 is 39.3 Å². The van der Waals surface area contributed by atoms with Crippen LogP contribution >= 0.6 is 11.3 Å². The van der Waals surface area contributed by atoms with Crippen LogP contribution in [0.2, 0.25) is 0 Å². The predicted octanol–water partition coefficient (Wildman–Crippen LogP) is 5.59. The molecule has 1 unspecified atom stereocenters. The summed E-state index contributed by atoms with van der Waals surface area (Å²) >= 11 is 0.968. The van der Waals surface area contributed by atoms with Crippen LogP contribution in [0.4, 0.5) is 9.52 Å². The Labute approximate surface area is 232 Å². The van der Waals surface area contributed by atoms with Gasteiger partial charge >= 0.3 is 5.97 Å². The van der Waals surface area contributed by atoms with Crippen molar-refractivity contribution in [3.05, 3.63) is 92.6 Å². The first kappa shape index (κ1) is 27.1. The van der Waals surface area contributed by atoms with E-state index in [2.05, 4.69) is 11.6 Å². The Bertz CT molecular complexity index is 1710. The molecule has 2 aromatic carbocycles. The van der Waals surface area contributed by atoms with Gasteiger partial charge < -0.3 is 18.6 Å². The first-order valence-corrected chi connectivity index (χ1v) is 13.3. The predicted molar refractivity (Wildman–Crippen MR) is 147 cm³/mol. The van der Waals surface area contributed by atoms with Crippen molar-refractivity contribution in [2.24, 2.45) is 0 Å². The number of hydrogen-bond donors (Lipinski definition) is 0. The second kappa shape index (κ2) is 10.9. The van der Waals surface area contributed by atoms with E-state index in [9.17, 15) is 18.8 Å². The Balaban J connectivity index is 1.74. The molecular weight excluding hydrogens is 539 g/mol. The number of carbonyl (C=O) groups excluding carboxylic acids is 2. The van der Waals surface area contributed by atoms with Crippen LogP contribution in [0, 0.1) is 12.7 Å². The first-order chi connectivity index (χ1) is 19.3. The number of fused-ring (bicyclic) bond motifs is 2. The lowest BCUT2D eigenvalue weighted by molar-refractivity contribution is 0.0531. The second-order valence-electron chi connectivity index (χ2n) is 8.76. The number of nitrogens with zero attached hydrogens (tertiary/aromatic N) is 2. The van der Waals surface area contributed by atoms with E-state index in [0.29, 0.717) is 29.4 Å². The van der Waals surface area contributed by atoms with E-state index in [-0.39, 0.29) is 45.5 Å². The quantitative estimate of drug-likeness (QED) is 0.191. The molecule has 0 saturated carbocycles. The van der Waals surface area contributed by atoms with Gasteiger partial charge in [0.1, 0.15) is 22.9 Å². The molecule has 1 aliphatic rings. The first-order valence-electron chi connectivity index (χ1n) is 12.5. The number of ether oxygens (including phenoxy) is 3. The molecule has 0 saturated heterocycles. The molecule has 3 heterocycles. The van der Waals surface area contributed by atoms with E-state index in [4.69, 9.17) is 18.6 Å². The van der Waals surface area contributed by atoms with Crippen LogP contribution in [-0.2, 0) is 4.74 Å². The molecule has 0 bridgehead atoms. The van der Waals surface area contributed by atoms with Gasteiger partial charge in [-0.05, 0) is 56.7 Å². The molecule has 9 nitrogen and oxygen atoms in total. The lowest BCUT2D eigenvalue weighted by Gasteiger charge is -2.23. The van der Waals surface area contributed by atoms with Crippen LogP contribution in [-0.4, -0.2) is 36.7 Å². The summed E-state index contributed by atoms with van der Waals surface area (Å²) in [6.07, 6.45) is 1.60. The molecule has 1 aliphatic heterocycles. The number of hydrogen-bond acceptors (Lipinski definition) is 9. The van der Waals surface area contributed by atoms with Gasteiger partial charge in [0, 0.05) is 0 Å². The molecule has 0 fully saturated rings. The summed E-state index contributed by atoms with van der Waals surface area (Å²) in [5.41, 5.74) is 0.409. The van der Waals surface area contributed by atoms with Crippen molar-refractivity contribution < 1.29 is 32.6 Å². The Morgan fingerprint density at radius 1 is 1.15 bits per heavy atom. The number of aryl methyl sites for hydroxylation is 1. The third-order valence-electron chi connectivity index (χ3n) is 6.22. The van der Waals surface area contributed by atoms with Crippen molar-refractivity contribution in [2.75, 3.05) is 24.7 Å². The SMILES string of the molecule is C=CCOc1ccc(C2c3c(oc4ccc(F)cc4c3=O)C(=O)N2c2nc(C)c(C(=O)OCC)s2)cc1OCC. The maximum Gasteiger partial charge on any atom is 0.350 e. The minimum absolute atomic E-state index is 0.00287. The smallest absolute Gasteiger partial charge is 0.350 e. The Morgan fingerprint density at radius 3 is 2.67 bits per heavy atom. The van der Waals surface area contributed by atoms with E-state index in [1.165, 1.54) is 11.0 Å². The van der Waals surface area contributed by atoms with E-state index in [1.54, 1.807) is 38.1 Å². The fourth-order valence-corrected chi connectivity index (χ4v) is 5.55. The highest BCUT2D eigenvalue weighted by Crippen LogP contribution is 2.45. The normalized spacial score (nSPS) is 14.3. The third-order valence-corrected chi connectivity index (χ3v) is 7.36. The minimum Gasteiger partial charge on any atom is -0.490 e. The summed E-state index contributed by atoms with van der Waals surface area (Å²) in [5.74, 6) is -1.16. The van der Waals surface area contributed by atoms with Crippen LogP contribution in [0.25, 0.3) is 11.0 Å². The lowest BCUT2D eigenvalue weighted by Crippen LogP contribution is -2.29. The summed E-state index contributed by atoms with van der Waals surface area (Å²) in [6.45, 7) is 9.54. The topological polar surface area (TPSA) is 108 Å². The van der Waals surface area contributed by atoms with Gasteiger partial charge in [0.05, 0.1) is 35.9 Å². The Kier molecular flexibility index (Phi) is 7.40. The number of esters is 1. The van der Waals surface area contributed by atoms with Gasteiger partial charge in [-0.25, -0.2) is 14.2 Å². The van der Waals surface area contributed by atoms with Crippen LogP contribution in [0.1, 0.15) is 56.9 Å². The van der Waals surface area contributed by atoms with Crippen molar-refractivity contribution in [2.45, 2.75) is 26.8 Å². The van der Waals surface area contributed by atoms with Gasteiger partial charge in [0.2, 0.25) is 5.76 Å². The van der Waals surface area contributed by atoms with Crippen LogP contribution < -0.4 is 19.8 Å². The number of anilines is 1. The molecule has 0 spiro atoms. The van der Waals surface area contributed by atoms with E-state index < -0.39 is 29.2 Å². The number of aromatic nitrogens is 1. The highest BCUT2D eigenvalue weighted by molar-refractivity contribution is 7.17. The molecule has 0 N–H and O–H groups in total. The summed E-state index contributed by atoms with van der Waals surface area (Å²) in [4.78, 5) is 46.2. The maximum absolute atomic E-state index is 14.1. The molecule has 4 aromatic rings. The average Bonchev–Trinajstić information content (AvgIpc) is 3.46. The summed E-state index contributed by atoms with van der Waals surface area (Å²) in [6, 6.07) is 7.56. The van der Waals surface area contributed by atoms with E-state index >= 15 is 0 Å². The zero-order valence-electron chi connectivity index (χ0n) is 22.0. The van der Waals surface area contributed by atoms with Gasteiger partial charge in [0.25, 0.3) is 5.91 Å². The highest BCUT2D eigenvalue weighted by atomic mass is 32.1. The number of rotatable bonds is 9. The van der Waals surface area contributed by atoms with E-state index in [1.807, 2.05) is 6.92 Å². The molecule has 1 amide bonds. The Hall–Kier alpha value is -4.51. The maximum atomic E-state index is 14.1. The molecule has 40 heavy (non-hydrogen) atoms. The van der Waals surface area contributed by atoms with Gasteiger partial charge in [0.15, 0.2) is 22.1 Å². The number of amides is 1. The largest absolute Gasteiger partial charge is 0.490 e. The van der Waals surface area contributed by atoms with Gasteiger partial charge in [-0.15, -0.1) is 0 Å². The Morgan fingerprint density at radius 2 is 1.95 bits per heavy atom. The van der Waals surface area contributed by atoms with Crippen molar-refractivity contribution in [3.63, 3.8) is 0 Å². The molecule has 0 aliphatic carbocycles. The monoisotopic (exact) mass is 564 g/mol. The number of thiazole rings is 1. The molecule has 1 atom stereocenters. The fraction of sp³-hybridized carbons (Fsp3) is 0.241. The summed E-state index contributed by atoms with van der Waals surface area (Å²) < 4.78 is 36.7. The minimum atomic E-state index is -1.01. The lowest BCUT2D eigenvalue weighted by atomic mass is 9.98. The molecule has 11 heteroatoms. The van der Waals surface area contributed by atoms with Crippen LogP contribution in [0.15, 0.2) is 58.3 Å². The number of halogens is 1. The molecular formula is C29H25FN2O7S. The zero-order valence-corrected chi connectivity index (χ0v) is 22.8. The van der Waals surface area contributed by atoms with Crippen molar-refractivity contribution in [1.29, 1.82) is 0 Å². The molecule has 2 aromatic heterocycles. The van der Waals surface area contributed by atoms with Crippen LogP contribution in [0.3, 0.4) is 0 Å². The third kappa shape index (κ3) is 4.62. The molecule has 0 radical (unpaired) electrons. The summed E-state index contributed by atoms with van der Waals surface area (Å²) in [7, 11) is 0. The summed E-state index contributed by atoms with van der Waals surface area (Å²) in [5, 5.41) is 0.165. The second-order valence-corrected chi connectivity index (χ2v) is 9.74.